The van der Waals surface area contributed by atoms with Gasteiger partial charge in [0.2, 0.25) is 5.91 Å². The molecular weight excluding hydrogens is 731 g/mol. The van der Waals surface area contributed by atoms with Crippen LogP contribution in [-0.4, -0.2) is 46.9 Å². The van der Waals surface area contributed by atoms with Gasteiger partial charge in [-0.3, -0.25) is 9.59 Å². The molecule has 0 rings (SSSR count). The van der Waals surface area contributed by atoms with E-state index in [1.807, 2.05) is 0 Å². The first-order valence-electron chi connectivity index (χ1n) is 25.7. The number of hydrogen-bond acceptors (Lipinski definition) is 5. The van der Waals surface area contributed by atoms with Crippen LogP contribution in [0.15, 0.2) is 36.5 Å². The number of esters is 1. The Morgan fingerprint density at radius 2 is 0.864 bits per heavy atom. The largest absolute Gasteiger partial charge is 0.462 e. The van der Waals surface area contributed by atoms with Crippen LogP contribution in [0.1, 0.15) is 265 Å². The smallest absolute Gasteiger partial charge is 0.306 e. The number of unbranched alkanes of at least 4 members (excludes halogenated alkanes) is 29. The van der Waals surface area contributed by atoms with E-state index < -0.39 is 18.2 Å². The number of amides is 1. The van der Waals surface area contributed by atoms with Crippen molar-refractivity contribution in [2.45, 2.75) is 283 Å². The van der Waals surface area contributed by atoms with E-state index in [9.17, 15) is 19.8 Å². The van der Waals surface area contributed by atoms with E-state index in [0.717, 1.165) is 70.6 Å². The molecule has 0 heterocycles. The molecule has 0 aliphatic rings. The molecule has 3 unspecified atom stereocenters. The Morgan fingerprint density at radius 1 is 0.492 bits per heavy atom. The Balaban J connectivity index is 4.59. The Kier molecular flexibility index (Phi) is 45.6. The molecule has 59 heavy (non-hydrogen) atoms. The van der Waals surface area contributed by atoms with Crippen molar-refractivity contribution in [3.63, 3.8) is 0 Å². The zero-order chi connectivity index (χ0) is 43.1. The van der Waals surface area contributed by atoms with Crippen molar-refractivity contribution in [2.24, 2.45) is 0 Å². The number of nitrogens with one attached hydrogen (secondary N) is 1. The first-order valence-corrected chi connectivity index (χ1v) is 25.7. The summed E-state index contributed by atoms with van der Waals surface area (Å²) in [6.07, 6.45) is 54.8. The van der Waals surface area contributed by atoms with Crippen molar-refractivity contribution in [1.29, 1.82) is 0 Å². The lowest BCUT2D eigenvalue weighted by molar-refractivity contribution is -0.151. The third-order valence-corrected chi connectivity index (χ3v) is 11.7. The maximum absolute atomic E-state index is 13.2. The molecule has 3 N–H and O–H groups in total. The molecular formula is C53H99NO5. The first-order chi connectivity index (χ1) is 29.0. The number of carbonyl (C=O) groups excluding carboxylic acids is 2. The molecule has 0 radical (unpaired) electrons. The van der Waals surface area contributed by atoms with Gasteiger partial charge in [0, 0.05) is 6.42 Å². The van der Waals surface area contributed by atoms with Gasteiger partial charge in [0.1, 0.15) is 6.10 Å². The van der Waals surface area contributed by atoms with Crippen LogP contribution >= 0.6 is 0 Å². The maximum Gasteiger partial charge on any atom is 0.306 e. The van der Waals surface area contributed by atoms with Gasteiger partial charge in [-0.15, -0.1) is 0 Å². The predicted molar refractivity (Wildman–Crippen MR) is 255 cm³/mol. The van der Waals surface area contributed by atoms with E-state index in [-0.39, 0.29) is 24.9 Å². The lowest BCUT2D eigenvalue weighted by atomic mass is 10.0. The van der Waals surface area contributed by atoms with E-state index in [0.29, 0.717) is 19.3 Å². The molecule has 0 saturated heterocycles. The molecule has 0 aromatic carbocycles. The van der Waals surface area contributed by atoms with Gasteiger partial charge in [-0.2, -0.15) is 0 Å². The number of carbonyl (C=O) groups is 2. The second-order valence-corrected chi connectivity index (χ2v) is 17.6. The van der Waals surface area contributed by atoms with Gasteiger partial charge in [0.15, 0.2) is 0 Å². The van der Waals surface area contributed by atoms with Crippen LogP contribution < -0.4 is 5.32 Å². The second kappa shape index (κ2) is 47.1. The lowest BCUT2D eigenvalue weighted by Crippen LogP contribution is -2.46. The van der Waals surface area contributed by atoms with Gasteiger partial charge < -0.3 is 20.3 Å². The molecule has 0 saturated carbocycles. The average Bonchev–Trinajstić information content (AvgIpc) is 3.23. The molecule has 3 atom stereocenters. The van der Waals surface area contributed by atoms with Gasteiger partial charge >= 0.3 is 5.97 Å². The summed E-state index contributed by atoms with van der Waals surface area (Å²) in [7, 11) is 0. The van der Waals surface area contributed by atoms with Crippen molar-refractivity contribution in [1.82, 2.24) is 5.32 Å². The fourth-order valence-corrected chi connectivity index (χ4v) is 7.77. The highest BCUT2D eigenvalue weighted by Gasteiger charge is 2.24. The standard InChI is InChI=1S/C53H99NO5/c1-4-7-10-13-16-19-22-25-26-28-31-34-37-40-43-46-53(58)59-49(44-41-38-35-32-29-27-23-20-17-14-11-8-5-2)47-52(57)54-50(48-55)51(56)45-42-39-36-33-30-24-21-18-15-12-9-6-3/h16,19-20,22-23,25,49-51,55-56H,4-15,17-18,21,24,26-48H2,1-3H3,(H,54,57)/b19-16+,23-20-,25-22+. The van der Waals surface area contributed by atoms with Gasteiger partial charge in [-0.1, -0.05) is 211 Å². The van der Waals surface area contributed by atoms with Crippen LogP contribution in [-0.2, 0) is 14.3 Å². The summed E-state index contributed by atoms with van der Waals surface area (Å²) in [6, 6.07) is -0.704. The minimum atomic E-state index is -0.789. The van der Waals surface area contributed by atoms with Crippen LogP contribution in [0.2, 0.25) is 0 Å². The summed E-state index contributed by atoms with van der Waals surface area (Å²) in [5.74, 6) is -0.488. The third kappa shape index (κ3) is 42.6. The summed E-state index contributed by atoms with van der Waals surface area (Å²) < 4.78 is 5.92. The van der Waals surface area contributed by atoms with Crippen LogP contribution in [0, 0.1) is 0 Å². The molecule has 0 aliphatic heterocycles. The quantitative estimate of drug-likeness (QED) is 0.0246. The molecule has 0 aromatic heterocycles. The van der Waals surface area contributed by atoms with Crippen LogP contribution in [0.3, 0.4) is 0 Å². The number of aliphatic hydroxyl groups excluding tert-OH is 2. The highest BCUT2D eigenvalue weighted by molar-refractivity contribution is 5.77. The fourth-order valence-electron chi connectivity index (χ4n) is 7.77. The van der Waals surface area contributed by atoms with E-state index in [4.69, 9.17) is 4.74 Å². The van der Waals surface area contributed by atoms with Crippen molar-refractivity contribution >= 4 is 11.9 Å². The molecule has 0 bridgehead atoms. The molecule has 346 valence electrons. The second-order valence-electron chi connectivity index (χ2n) is 17.6. The Morgan fingerprint density at radius 3 is 1.36 bits per heavy atom. The van der Waals surface area contributed by atoms with Crippen molar-refractivity contribution < 1.29 is 24.5 Å². The number of aliphatic hydroxyl groups is 2. The van der Waals surface area contributed by atoms with Crippen molar-refractivity contribution in [2.75, 3.05) is 6.61 Å². The predicted octanol–water partition coefficient (Wildman–Crippen LogP) is 15.3. The van der Waals surface area contributed by atoms with Gasteiger partial charge in [-0.05, 0) is 77.0 Å². The fraction of sp³-hybridized carbons (Fsp3) is 0.849. The normalized spacial score (nSPS) is 13.5. The molecule has 6 heteroatoms. The molecule has 0 fully saturated rings. The summed E-state index contributed by atoms with van der Waals surface area (Å²) >= 11 is 0. The van der Waals surface area contributed by atoms with Crippen LogP contribution in [0.5, 0.6) is 0 Å². The summed E-state index contributed by atoms with van der Waals surface area (Å²) in [4.78, 5) is 26.1. The highest BCUT2D eigenvalue weighted by atomic mass is 16.5. The number of hydrogen-bond donors (Lipinski definition) is 3. The van der Waals surface area contributed by atoms with E-state index in [1.165, 1.54) is 148 Å². The third-order valence-electron chi connectivity index (χ3n) is 11.7. The van der Waals surface area contributed by atoms with Gasteiger partial charge in [-0.25, -0.2) is 0 Å². The summed E-state index contributed by atoms with van der Waals surface area (Å²) in [5, 5.41) is 23.7. The van der Waals surface area contributed by atoms with E-state index in [2.05, 4.69) is 62.5 Å². The minimum Gasteiger partial charge on any atom is -0.462 e. The van der Waals surface area contributed by atoms with Gasteiger partial charge in [0.25, 0.3) is 0 Å². The Bertz CT molecular complexity index is 977. The number of allylic oxidation sites excluding steroid dienone is 6. The van der Waals surface area contributed by atoms with Crippen molar-refractivity contribution in [3.05, 3.63) is 36.5 Å². The zero-order valence-electron chi connectivity index (χ0n) is 39.4. The molecule has 0 aromatic rings. The van der Waals surface area contributed by atoms with E-state index >= 15 is 0 Å². The van der Waals surface area contributed by atoms with E-state index in [1.54, 1.807) is 0 Å². The molecule has 0 spiro atoms. The van der Waals surface area contributed by atoms with Crippen molar-refractivity contribution in [3.8, 4) is 0 Å². The number of rotatable bonds is 46. The van der Waals surface area contributed by atoms with Crippen LogP contribution in [0.25, 0.3) is 0 Å². The highest BCUT2D eigenvalue weighted by Crippen LogP contribution is 2.18. The lowest BCUT2D eigenvalue weighted by Gasteiger charge is -2.24. The maximum atomic E-state index is 13.2. The molecule has 0 aliphatic carbocycles. The summed E-state index contributed by atoms with van der Waals surface area (Å²) in [6.45, 7) is 6.44. The summed E-state index contributed by atoms with van der Waals surface area (Å²) in [5.41, 5.74) is 0. The zero-order valence-corrected chi connectivity index (χ0v) is 39.4. The van der Waals surface area contributed by atoms with Crippen LogP contribution in [0.4, 0.5) is 0 Å². The monoisotopic (exact) mass is 830 g/mol. The first kappa shape index (κ1) is 57.1. The van der Waals surface area contributed by atoms with Gasteiger partial charge in [0.05, 0.1) is 25.2 Å². The average molecular weight is 830 g/mol. The minimum absolute atomic E-state index is 0.0692. The topological polar surface area (TPSA) is 95.9 Å². The molecule has 1 amide bonds. The molecule has 6 nitrogen and oxygen atoms in total. The SMILES string of the molecule is CCCCC/C=C/C=C/CCCCCCCCC(=O)OC(CCCCCCC/C=C\CCCCCC)CC(=O)NC(CO)C(O)CCCCCCCCCCCCCC. The Hall–Kier alpha value is -1.92. The Labute approximate surface area is 366 Å². The number of ether oxygens (including phenoxy) is 1.